The summed E-state index contributed by atoms with van der Waals surface area (Å²) in [4.78, 5) is 11.0. The highest BCUT2D eigenvalue weighted by molar-refractivity contribution is 8.00. The zero-order valence-electron chi connectivity index (χ0n) is 7.38. The predicted octanol–water partition coefficient (Wildman–Crippen LogP) is 0.628. The Hall–Kier alpha value is -0.220. The van der Waals surface area contributed by atoms with Gasteiger partial charge < -0.3 is 10.5 Å². The molecule has 3 nitrogen and oxygen atoms in total. The molecule has 0 rings (SSSR count). The van der Waals surface area contributed by atoms with Gasteiger partial charge >= 0.3 is 5.97 Å². The van der Waals surface area contributed by atoms with Crippen LogP contribution in [0.2, 0.25) is 0 Å². The van der Waals surface area contributed by atoms with Crippen LogP contribution in [-0.4, -0.2) is 30.1 Å². The second-order valence-corrected chi connectivity index (χ2v) is 4.27. The van der Waals surface area contributed by atoms with Gasteiger partial charge in [-0.15, -0.1) is 0 Å². The standard InChI is InChI=1S/C7H15NO2S/c1-7(2,11-4)5(8)6(9)10-3/h5H,8H2,1-4H3/t5-/m1/s1. The number of carbonyl (C=O) groups is 1. The van der Waals surface area contributed by atoms with Crippen LogP contribution in [-0.2, 0) is 9.53 Å². The molecule has 0 aromatic carbocycles. The molecule has 0 aliphatic carbocycles. The molecule has 0 saturated heterocycles. The summed E-state index contributed by atoms with van der Waals surface area (Å²) in [5, 5.41) is 0. The molecule has 0 aliphatic rings. The van der Waals surface area contributed by atoms with Crippen molar-refractivity contribution < 1.29 is 9.53 Å². The van der Waals surface area contributed by atoms with Gasteiger partial charge in [-0.3, -0.25) is 4.79 Å². The molecule has 0 aliphatic heterocycles. The van der Waals surface area contributed by atoms with Crippen molar-refractivity contribution in [3.05, 3.63) is 0 Å². The Balaban J connectivity index is 4.22. The lowest BCUT2D eigenvalue weighted by molar-refractivity contribution is -0.142. The molecular weight excluding hydrogens is 162 g/mol. The first-order chi connectivity index (χ1) is 4.95. The predicted molar refractivity (Wildman–Crippen MR) is 47.6 cm³/mol. The largest absolute Gasteiger partial charge is 0.468 e. The van der Waals surface area contributed by atoms with Gasteiger partial charge in [0.15, 0.2) is 0 Å². The van der Waals surface area contributed by atoms with Crippen LogP contribution >= 0.6 is 11.8 Å². The Morgan fingerprint density at radius 2 is 2.09 bits per heavy atom. The van der Waals surface area contributed by atoms with Crippen LogP contribution in [0.3, 0.4) is 0 Å². The topological polar surface area (TPSA) is 52.3 Å². The molecule has 4 heteroatoms. The summed E-state index contributed by atoms with van der Waals surface area (Å²) in [7, 11) is 1.35. The summed E-state index contributed by atoms with van der Waals surface area (Å²) in [6, 6.07) is -0.553. The molecule has 2 N–H and O–H groups in total. The quantitative estimate of drug-likeness (QED) is 0.642. The van der Waals surface area contributed by atoms with Crippen LogP contribution in [0.5, 0.6) is 0 Å². The fourth-order valence-electron chi connectivity index (χ4n) is 0.538. The maximum Gasteiger partial charge on any atom is 0.324 e. The second kappa shape index (κ2) is 3.97. The van der Waals surface area contributed by atoms with E-state index in [-0.39, 0.29) is 10.7 Å². The lowest BCUT2D eigenvalue weighted by atomic mass is 10.1. The molecular formula is C7H15NO2S. The number of carbonyl (C=O) groups excluding carboxylic acids is 1. The summed E-state index contributed by atoms with van der Waals surface area (Å²) >= 11 is 1.55. The lowest BCUT2D eigenvalue weighted by Gasteiger charge is -2.26. The molecule has 1 atom stereocenters. The molecule has 0 spiro atoms. The molecule has 0 fully saturated rings. The van der Waals surface area contributed by atoms with Crippen molar-refractivity contribution >= 4 is 17.7 Å². The van der Waals surface area contributed by atoms with Crippen LogP contribution in [0.25, 0.3) is 0 Å². The Labute approximate surface area is 71.7 Å². The minimum Gasteiger partial charge on any atom is -0.468 e. The smallest absolute Gasteiger partial charge is 0.324 e. The third-order valence-corrected chi connectivity index (χ3v) is 3.04. The van der Waals surface area contributed by atoms with Gasteiger partial charge in [-0.25, -0.2) is 0 Å². The van der Waals surface area contributed by atoms with Gasteiger partial charge in [0.1, 0.15) is 6.04 Å². The van der Waals surface area contributed by atoms with Crippen molar-refractivity contribution in [3.8, 4) is 0 Å². The molecule has 66 valence electrons. The number of thioether (sulfide) groups is 1. The first-order valence-electron chi connectivity index (χ1n) is 3.34. The van der Waals surface area contributed by atoms with Crippen LogP contribution in [0, 0.1) is 0 Å². The van der Waals surface area contributed by atoms with E-state index in [1.165, 1.54) is 7.11 Å². The summed E-state index contributed by atoms with van der Waals surface area (Å²) in [6.07, 6.45) is 1.92. The normalized spacial score (nSPS) is 14.3. The first kappa shape index (κ1) is 10.8. The highest BCUT2D eigenvalue weighted by Crippen LogP contribution is 2.24. The molecule has 11 heavy (non-hydrogen) atoms. The van der Waals surface area contributed by atoms with Gasteiger partial charge in [0, 0.05) is 4.75 Å². The Morgan fingerprint density at radius 1 is 1.64 bits per heavy atom. The van der Waals surface area contributed by atoms with E-state index in [4.69, 9.17) is 5.73 Å². The average molecular weight is 177 g/mol. The molecule has 0 unspecified atom stereocenters. The third kappa shape index (κ3) is 2.71. The third-order valence-electron chi connectivity index (χ3n) is 1.73. The van der Waals surface area contributed by atoms with E-state index in [1.54, 1.807) is 11.8 Å². The van der Waals surface area contributed by atoms with E-state index in [0.29, 0.717) is 0 Å². The maximum absolute atomic E-state index is 11.0. The number of esters is 1. The Morgan fingerprint density at radius 3 is 2.36 bits per heavy atom. The number of nitrogens with two attached hydrogens (primary N) is 1. The van der Waals surface area contributed by atoms with Gasteiger partial charge in [0.25, 0.3) is 0 Å². The van der Waals surface area contributed by atoms with E-state index >= 15 is 0 Å². The van der Waals surface area contributed by atoms with Gasteiger partial charge in [-0.1, -0.05) is 0 Å². The fourth-order valence-corrected chi connectivity index (χ4v) is 0.888. The summed E-state index contributed by atoms with van der Waals surface area (Å²) in [6.45, 7) is 3.83. The molecule has 0 saturated carbocycles. The molecule has 0 heterocycles. The second-order valence-electron chi connectivity index (χ2n) is 2.81. The maximum atomic E-state index is 11.0. The zero-order chi connectivity index (χ0) is 9.07. The number of hydrogen-bond acceptors (Lipinski definition) is 4. The fraction of sp³-hybridized carbons (Fsp3) is 0.857. The van der Waals surface area contributed by atoms with Gasteiger partial charge in [0.2, 0.25) is 0 Å². The van der Waals surface area contributed by atoms with Crippen LogP contribution in [0.1, 0.15) is 13.8 Å². The van der Waals surface area contributed by atoms with Crippen molar-refractivity contribution in [2.45, 2.75) is 24.6 Å². The minimum atomic E-state index is -0.553. The van der Waals surface area contributed by atoms with Crippen LogP contribution in [0.4, 0.5) is 0 Å². The Kier molecular flexibility index (Phi) is 3.89. The molecule has 0 aromatic rings. The van der Waals surface area contributed by atoms with E-state index < -0.39 is 6.04 Å². The number of methoxy groups -OCH3 is 1. The highest BCUT2D eigenvalue weighted by atomic mass is 32.2. The van der Waals surface area contributed by atoms with Crippen molar-refractivity contribution in [3.63, 3.8) is 0 Å². The first-order valence-corrected chi connectivity index (χ1v) is 4.56. The number of ether oxygens (including phenoxy) is 1. The van der Waals surface area contributed by atoms with Crippen molar-refractivity contribution in [2.24, 2.45) is 5.73 Å². The van der Waals surface area contributed by atoms with E-state index in [1.807, 2.05) is 20.1 Å². The van der Waals surface area contributed by atoms with E-state index in [9.17, 15) is 4.79 Å². The Bertz CT molecular complexity index is 147. The lowest BCUT2D eigenvalue weighted by Crippen LogP contribution is -2.47. The molecule has 0 amide bonds. The average Bonchev–Trinajstić information content (AvgIpc) is 2.01. The van der Waals surface area contributed by atoms with Gasteiger partial charge in [-0.05, 0) is 20.1 Å². The monoisotopic (exact) mass is 177 g/mol. The minimum absolute atomic E-state index is 0.257. The molecule has 0 aromatic heterocycles. The summed E-state index contributed by atoms with van der Waals surface area (Å²) < 4.78 is 4.27. The highest BCUT2D eigenvalue weighted by Gasteiger charge is 2.31. The van der Waals surface area contributed by atoms with E-state index in [2.05, 4.69) is 4.74 Å². The zero-order valence-corrected chi connectivity index (χ0v) is 8.20. The van der Waals surface area contributed by atoms with Crippen molar-refractivity contribution in [1.82, 2.24) is 0 Å². The molecule has 0 bridgehead atoms. The summed E-state index contributed by atoms with van der Waals surface area (Å²) in [5.41, 5.74) is 5.62. The van der Waals surface area contributed by atoms with Gasteiger partial charge in [-0.2, -0.15) is 11.8 Å². The summed E-state index contributed by atoms with van der Waals surface area (Å²) in [5.74, 6) is -0.357. The SMILES string of the molecule is COC(=O)[C@@H](N)C(C)(C)SC. The number of rotatable bonds is 3. The molecule has 0 radical (unpaired) electrons. The van der Waals surface area contributed by atoms with E-state index in [0.717, 1.165) is 0 Å². The van der Waals surface area contributed by atoms with Crippen molar-refractivity contribution in [1.29, 1.82) is 0 Å². The van der Waals surface area contributed by atoms with Gasteiger partial charge in [0.05, 0.1) is 7.11 Å². The number of hydrogen-bond donors (Lipinski definition) is 1. The van der Waals surface area contributed by atoms with Crippen LogP contribution in [0.15, 0.2) is 0 Å². The van der Waals surface area contributed by atoms with Crippen molar-refractivity contribution in [2.75, 3.05) is 13.4 Å². The van der Waals surface area contributed by atoms with Crippen LogP contribution < -0.4 is 5.73 Å².